The highest BCUT2D eigenvalue weighted by Gasteiger charge is 2.60. The smallest absolute Gasteiger partial charge is 0.353 e. The van der Waals surface area contributed by atoms with Gasteiger partial charge in [-0.1, -0.05) is 26.2 Å². The minimum Gasteiger partial charge on any atom is -0.477 e. The Morgan fingerprint density at radius 1 is 1.32 bits per heavy atom. The lowest BCUT2D eigenvalue weighted by Gasteiger charge is -2.46. The molecule has 22 heavy (non-hydrogen) atoms. The molecule has 5 nitrogen and oxygen atoms in total. The number of rotatable bonds is 4. The van der Waals surface area contributed by atoms with Crippen molar-refractivity contribution in [1.29, 1.82) is 0 Å². The van der Waals surface area contributed by atoms with Crippen LogP contribution in [-0.2, 0) is 9.59 Å². The number of β-lactam (4-membered cyclic amide) rings is 1. The fourth-order valence-corrected chi connectivity index (χ4v) is 5.62. The van der Waals surface area contributed by atoms with E-state index in [-0.39, 0.29) is 23.6 Å². The predicted molar refractivity (Wildman–Crippen MR) is 84.1 cm³/mol. The van der Waals surface area contributed by atoms with Crippen molar-refractivity contribution < 1.29 is 19.8 Å². The van der Waals surface area contributed by atoms with Gasteiger partial charge in [-0.25, -0.2) is 4.79 Å². The average molecular weight is 325 g/mol. The molecule has 2 heterocycles. The molecule has 1 amide bonds. The molecule has 0 aromatic rings. The summed E-state index contributed by atoms with van der Waals surface area (Å²) in [6.45, 7) is 3.60. The lowest BCUT2D eigenvalue weighted by molar-refractivity contribution is -0.163. The Hall–Kier alpha value is -1.01. The number of thioether (sulfide) groups is 1. The highest BCUT2D eigenvalue weighted by Crippen LogP contribution is 2.52. The summed E-state index contributed by atoms with van der Waals surface area (Å²) in [6, 6.07) is -0.190. The molecule has 4 atom stereocenters. The maximum atomic E-state index is 12.2. The van der Waals surface area contributed by atoms with Crippen LogP contribution in [0.25, 0.3) is 0 Å². The molecular weight excluding hydrogens is 302 g/mol. The largest absolute Gasteiger partial charge is 0.477 e. The zero-order valence-corrected chi connectivity index (χ0v) is 13.8. The fourth-order valence-electron chi connectivity index (χ4n) is 4.04. The van der Waals surface area contributed by atoms with Crippen molar-refractivity contribution in [3.05, 3.63) is 10.6 Å². The molecule has 3 rings (SSSR count). The summed E-state index contributed by atoms with van der Waals surface area (Å²) in [4.78, 5) is 26.2. The Labute approximate surface area is 134 Å². The third-order valence-electron chi connectivity index (χ3n) is 5.16. The second-order valence-corrected chi connectivity index (χ2v) is 7.99. The summed E-state index contributed by atoms with van der Waals surface area (Å²) < 4.78 is 0. The van der Waals surface area contributed by atoms with E-state index in [0.717, 1.165) is 17.7 Å². The number of carboxylic acids is 1. The second-order valence-electron chi connectivity index (χ2n) is 6.65. The molecule has 2 aliphatic heterocycles. The Bertz CT molecular complexity index is 524. The maximum absolute atomic E-state index is 12.2. The summed E-state index contributed by atoms with van der Waals surface area (Å²) in [6.07, 6.45) is 5.16. The van der Waals surface area contributed by atoms with Gasteiger partial charge < -0.3 is 15.1 Å². The Morgan fingerprint density at radius 3 is 2.50 bits per heavy atom. The van der Waals surface area contributed by atoms with Crippen molar-refractivity contribution in [3.63, 3.8) is 0 Å². The van der Waals surface area contributed by atoms with Crippen molar-refractivity contribution in [2.75, 3.05) is 0 Å². The molecule has 0 aromatic heterocycles. The summed E-state index contributed by atoms with van der Waals surface area (Å²) in [7, 11) is 0. The predicted octanol–water partition coefficient (Wildman–Crippen LogP) is 2.21. The second kappa shape index (κ2) is 5.89. The minimum atomic E-state index is -1.02. The molecule has 0 bridgehead atoms. The van der Waals surface area contributed by atoms with Crippen molar-refractivity contribution in [2.45, 2.75) is 63.3 Å². The molecule has 3 aliphatic rings. The van der Waals surface area contributed by atoms with E-state index >= 15 is 0 Å². The summed E-state index contributed by atoms with van der Waals surface area (Å²) >= 11 is 1.66. The Balaban J connectivity index is 1.86. The number of amides is 1. The topological polar surface area (TPSA) is 77.8 Å². The molecular formula is C16H23NO4S. The quantitative estimate of drug-likeness (QED) is 0.775. The molecule has 1 saturated carbocycles. The summed E-state index contributed by atoms with van der Waals surface area (Å²) in [5.74, 6) is -1.74. The first kappa shape index (κ1) is 15.9. The van der Waals surface area contributed by atoms with Gasteiger partial charge >= 0.3 is 5.97 Å². The molecule has 0 spiro atoms. The summed E-state index contributed by atoms with van der Waals surface area (Å²) in [5, 5.41) is 19.8. The fraction of sp³-hybridized carbons (Fsp3) is 0.750. The van der Waals surface area contributed by atoms with Crippen molar-refractivity contribution in [1.82, 2.24) is 4.90 Å². The number of hydrogen-bond acceptors (Lipinski definition) is 4. The molecule has 0 aromatic carbocycles. The number of carboxylic acid groups (broad SMARTS) is 1. The van der Waals surface area contributed by atoms with Crippen LogP contribution in [0, 0.1) is 11.8 Å². The van der Waals surface area contributed by atoms with Gasteiger partial charge in [-0.15, -0.1) is 11.8 Å². The third-order valence-corrected chi connectivity index (χ3v) is 6.78. The molecule has 6 heteroatoms. The zero-order valence-electron chi connectivity index (χ0n) is 13.0. The van der Waals surface area contributed by atoms with Gasteiger partial charge in [-0.3, -0.25) is 4.79 Å². The van der Waals surface area contributed by atoms with Crippen molar-refractivity contribution in [3.8, 4) is 0 Å². The SMILES string of the molecule is C[C@@H](O)[C@H]1C(=O)N2C(C(=O)O)=C(SC3CCCCC3)[C@H](C)[C@H]12. The van der Waals surface area contributed by atoms with Crippen LogP contribution in [0.3, 0.4) is 0 Å². The van der Waals surface area contributed by atoms with Crippen LogP contribution in [0.1, 0.15) is 46.0 Å². The number of aliphatic carboxylic acids is 1. The standard InChI is InChI=1S/C16H23NO4S/c1-8-12-11(9(2)18)15(19)17(12)13(16(20)21)14(8)22-10-6-4-3-5-7-10/h8-12,18H,3-7H2,1-2H3,(H,20,21)/t8-,9-,11-,12-/m1/s1. The molecule has 2 fully saturated rings. The number of carbonyl (C=O) groups is 2. The van der Waals surface area contributed by atoms with E-state index in [1.54, 1.807) is 18.7 Å². The van der Waals surface area contributed by atoms with E-state index in [2.05, 4.69) is 0 Å². The molecule has 2 N–H and O–H groups in total. The van der Waals surface area contributed by atoms with Crippen LogP contribution >= 0.6 is 11.8 Å². The van der Waals surface area contributed by atoms with Gasteiger partial charge in [-0.2, -0.15) is 0 Å². The lowest BCUT2D eigenvalue weighted by atomic mass is 9.79. The number of hydrogen-bond donors (Lipinski definition) is 2. The molecule has 0 unspecified atom stereocenters. The van der Waals surface area contributed by atoms with Crippen LogP contribution in [0.2, 0.25) is 0 Å². The highest BCUT2D eigenvalue weighted by molar-refractivity contribution is 8.03. The van der Waals surface area contributed by atoms with Crippen LogP contribution in [0.15, 0.2) is 10.6 Å². The van der Waals surface area contributed by atoms with Crippen molar-refractivity contribution in [2.24, 2.45) is 11.8 Å². The van der Waals surface area contributed by atoms with Gasteiger partial charge in [0.1, 0.15) is 5.70 Å². The molecule has 0 radical (unpaired) electrons. The van der Waals surface area contributed by atoms with Crippen LogP contribution in [0.4, 0.5) is 0 Å². The van der Waals surface area contributed by atoms with Gasteiger partial charge in [0.2, 0.25) is 5.91 Å². The van der Waals surface area contributed by atoms with Gasteiger partial charge in [0.25, 0.3) is 0 Å². The van der Waals surface area contributed by atoms with E-state index in [9.17, 15) is 19.8 Å². The van der Waals surface area contributed by atoms with Gasteiger partial charge in [0, 0.05) is 16.1 Å². The monoisotopic (exact) mass is 325 g/mol. The van der Waals surface area contributed by atoms with Gasteiger partial charge in [0.15, 0.2) is 0 Å². The third kappa shape index (κ3) is 2.36. The number of nitrogens with zero attached hydrogens (tertiary/aromatic N) is 1. The highest BCUT2D eigenvalue weighted by atomic mass is 32.2. The molecule has 122 valence electrons. The lowest BCUT2D eigenvalue weighted by Crippen LogP contribution is -2.63. The number of aliphatic hydroxyl groups excluding tert-OH is 1. The minimum absolute atomic E-state index is 0.00433. The zero-order chi connectivity index (χ0) is 16.0. The number of carbonyl (C=O) groups excluding carboxylic acids is 1. The van der Waals surface area contributed by atoms with Crippen molar-refractivity contribution >= 4 is 23.6 Å². The number of fused-ring (bicyclic) bond motifs is 1. The first-order valence-corrected chi connectivity index (χ1v) is 8.96. The molecule has 1 saturated heterocycles. The van der Waals surface area contributed by atoms with Crippen LogP contribution < -0.4 is 0 Å². The van der Waals surface area contributed by atoms with Crippen LogP contribution in [0.5, 0.6) is 0 Å². The average Bonchev–Trinajstić information content (AvgIpc) is 2.70. The van der Waals surface area contributed by atoms with E-state index in [4.69, 9.17) is 0 Å². The molecule has 1 aliphatic carbocycles. The maximum Gasteiger partial charge on any atom is 0.353 e. The van der Waals surface area contributed by atoms with E-state index < -0.39 is 18.0 Å². The van der Waals surface area contributed by atoms with Gasteiger partial charge in [0.05, 0.1) is 18.1 Å². The summed E-state index contributed by atoms with van der Waals surface area (Å²) in [5.41, 5.74) is 0.162. The first-order valence-electron chi connectivity index (χ1n) is 8.08. The van der Waals surface area contributed by atoms with E-state index in [0.29, 0.717) is 5.25 Å². The Kier molecular flexibility index (Phi) is 4.25. The van der Waals surface area contributed by atoms with Crippen LogP contribution in [-0.4, -0.2) is 44.4 Å². The normalized spacial score (nSPS) is 33.7. The van der Waals surface area contributed by atoms with E-state index in [1.165, 1.54) is 24.2 Å². The van der Waals surface area contributed by atoms with E-state index in [1.807, 2.05) is 6.92 Å². The van der Waals surface area contributed by atoms with Gasteiger partial charge in [-0.05, 0) is 19.8 Å². The number of aliphatic hydroxyl groups is 1. The Morgan fingerprint density at radius 2 is 1.95 bits per heavy atom. The first-order chi connectivity index (χ1) is 10.4.